The van der Waals surface area contributed by atoms with Crippen LogP contribution in [0.2, 0.25) is 5.02 Å². The maximum atomic E-state index is 12.1. The van der Waals surface area contributed by atoms with Crippen LogP contribution in [0.3, 0.4) is 0 Å². The Kier molecular flexibility index (Phi) is 8.14. The van der Waals surface area contributed by atoms with E-state index in [1.807, 2.05) is 36.1 Å². The summed E-state index contributed by atoms with van der Waals surface area (Å²) in [6, 6.07) is 7.50. The van der Waals surface area contributed by atoms with Gasteiger partial charge in [-0.2, -0.15) is 0 Å². The quantitative estimate of drug-likeness (QED) is 0.557. The molecule has 2 aromatic rings. The highest BCUT2D eigenvalue weighted by Gasteiger charge is 2.28. The van der Waals surface area contributed by atoms with E-state index in [0.717, 1.165) is 24.3 Å². The van der Waals surface area contributed by atoms with Crippen molar-refractivity contribution >= 4 is 23.3 Å². The topological polar surface area (TPSA) is 96.8 Å². The molecule has 0 bridgehead atoms. The van der Waals surface area contributed by atoms with Gasteiger partial charge in [-0.1, -0.05) is 29.7 Å². The van der Waals surface area contributed by atoms with E-state index in [4.69, 9.17) is 27.5 Å². The highest BCUT2D eigenvalue weighted by atomic mass is 35.5. The molecule has 1 saturated heterocycles. The Labute approximate surface area is 192 Å². The van der Waals surface area contributed by atoms with Crippen LogP contribution in [-0.4, -0.2) is 59.4 Å². The first-order chi connectivity index (χ1) is 15.4. The monoisotopic (exact) mass is 458 g/mol. The number of ether oxygens (including phenoxy) is 2. The average Bonchev–Trinajstić information content (AvgIpc) is 3.24. The van der Waals surface area contributed by atoms with Crippen molar-refractivity contribution in [1.82, 2.24) is 15.3 Å². The lowest BCUT2D eigenvalue weighted by molar-refractivity contribution is -0.121. The number of carbonyl (C=O) groups excluding carboxylic acids is 1. The number of hydrogen-bond donors (Lipinski definition) is 2. The Bertz CT molecular complexity index is 961. The summed E-state index contributed by atoms with van der Waals surface area (Å²) in [6.45, 7) is 5.11. The summed E-state index contributed by atoms with van der Waals surface area (Å²) in [4.78, 5) is 22.4. The Hall–Kier alpha value is -3.02. The smallest absolute Gasteiger partial charge is 0.238 e. The van der Waals surface area contributed by atoms with Gasteiger partial charge in [-0.05, 0) is 31.5 Å². The standard InChI is InChI=1S/C23H27ClN4O4/c1-4-10-25-22(30)16(3)17-5-7-18(8-6-17)32-19-9-11-28(12-19)21-20(24)23(27-14-26-21)31-13-15(2)29/h1,5-8,14-16,19,29H,9-13H2,2-3H3,(H,25,30). The van der Waals surface area contributed by atoms with Crippen molar-refractivity contribution in [3.05, 3.63) is 41.2 Å². The first kappa shape index (κ1) is 23.6. The zero-order valence-electron chi connectivity index (χ0n) is 18.1. The van der Waals surface area contributed by atoms with Crippen LogP contribution in [0.5, 0.6) is 11.6 Å². The molecule has 1 aliphatic rings. The molecule has 0 saturated carbocycles. The largest absolute Gasteiger partial charge is 0.489 e. The van der Waals surface area contributed by atoms with Gasteiger partial charge in [0.05, 0.1) is 25.1 Å². The van der Waals surface area contributed by atoms with Crippen LogP contribution in [-0.2, 0) is 4.79 Å². The zero-order valence-corrected chi connectivity index (χ0v) is 18.9. The Balaban J connectivity index is 1.58. The molecule has 0 spiro atoms. The number of nitrogens with one attached hydrogen (secondary N) is 1. The molecular weight excluding hydrogens is 432 g/mol. The van der Waals surface area contributed by atoms with Gasteiger partial charge < -0.3 is 24.8 Å². The highest BCUT2D eigenvalue weighted by molar-refractivity contribution is 6.34. The second-order valence-electron chi connectivity index (χ2n) is 7.66. The van der Waals surface area contributed by atoms with Crippen molar-refractivity contribution < 1.29 is 19.4 Å². The lowest BCUT2D eigenvalue weighted by atomic mass is 10.0. The van der Waals surface area contributed by atoms with Crippen LogP contribution in [0.4, 0.5) is 5.82 Å². The summed E-state index contributed by atoms with van der Waals surface area (Å²) in [6.07, 6.45) is 6.72. The summed E-state index contributed by atoms with van der Waals surface area (Å²) in [5, 5.41) is 12.4. The molecule has 9 heteroatoms. The van der Waals surface area contributed by atoms with Crippen molar-refractivity contribution in [2.45, 2.75) is 38.4 Å². The van der Waals surface area contributed by atoms with E-state index < -0.39 is 6.10 Å². The van der Waals surface area contributed by atoms with Gasteiger partial charge >= 0.3 is 0 Å². The molecule has 2 N–H and O–H groups in total. The molecule has 1 aromatic carbocycles. The van der Waals surface area contributed by atoms with Gasteiger partial charge in [0.15, 0.2) is 5.82 Å². The fraction of sp³-hybridized carbons (Fsp3) is 0.435. The fourth-order valence-corrected chi connectivity index (χ4v) is 3.62. The Morgan fingerprint density at radius 2 is 2.12 bits per heavy atom. The van der Waals surface area contributed by atoms with E-state index in [0.29, 0.717) is 17.4 Å². The van der Waals surface area contributed by atoms with Gasteiger partial charge in [0, 0.05) is 13.0 Å². The van der Waals surface area contributed by atoms with Crippen LogP contribution in [0.1, 0.15) is 31.7 Å². The summed E-state index contributed by atoms with van der Waals surface area (Å²) in [5.41, 5.74) is 0.886. The SMILES string of the molecule is C#CCNC(=O)C(C)c1ccc(OC2CCN(c3ncnc(OCC(C)O)c3Cl)C2)cc1. The maximum absolute atomic E-state index is 12.1. The molecule has 0 radical (unpaired) electrons. The van der Waals surface area contributed by atoms with Crippen LogP contribution in [0, 0.1) is 12.3 Å². The van der Waals surface area contributed by atoms with Crippen molar-refractivity contribution in [1.29, 1.82) is 0 Å². The number of benzene rings is 1. The molecule has 1 aromatic heterocycles. The molecule has 1 aliphatic heterocycles. The minimum Gasteiger partial charge on any atom is -0.489 e. The Morgan fingerprint density at radius 1 is 1.38 bits per heavy atom. The molecule has 170 valence electrons. The first-order valence-electron chi connectivity index (χ1n) is 10.4. The predicted octanol–water partition coefficient (Wildman–Crippen LogP) is 2.40. The van der Waals surface area contributed by atoms with Gasteiger partial charge in [0.1, 0.15) is 29.8 Å². The molecule has 8 nitrogen and oxygen atoms in total. The third-order valence-electron chi connectivity index (χ3n) is 5.09. The third-order valence-corrected chi connectivity index (χ3v) is 5.42. The number of rotatable bonds is 9. The van der Waals surface area contributed by atoms with E-state index in [1.54, 1.807) is 6.92 Å². The normalized spacial score (nSPS) is 17.3. The molecule has 32 heavy (non-hydrogen) atoms. The third kappa shape index (κ3) is 6.02. The molecule has 3 rings (SSSR count). The van der Waals surface area contributed by atoms with E-state index >= 15 is 0 Å². The number of terminal acetylenes is 1. The predicted molar refractivity (Wildman–Crippen MR) is 122 cm³/mol. The van der Waals surface area contributed by atoms with Crippen molar-refractivity contribution in [2.24, 2.45) is 0 Å². The molecule has 1 amide bonds. The van der Waals surface area contributed by atoms with Crippen LogP contribution in [0.15, 0.2) is 30.6 Å². The van der Waals surface area contributed by atoms with Crippen molar-refractivity contribution in [3.8, 4) is 24.0 Å². The second-order valence-corrected chi connectivity index (χ2v) is 8.04. The lowest BCUT2D eigenvalue weighted by Crippen LogP contribution is -2.28. The zero-order chi connectivity index (χ0) is 23.1. The Morgan fingerprint density at radius 3 is 2.81 bits per heavy atom. The first-order valence-corrected chi connectivity index (χ1v) is 10.8. The van der Waals surface area contributed by atoms with Gasteiger partial charge in [0.2, 0.25) is 11.8 Å². The van der Waals surface area contributed by atoms with Gasteiger partial charge in [0.25, 0.3) is 0 Å². The molecule has 3 unspecified atom stereocenters. The second kappa shape index (κ2) is 11.0. The summed E-state index contributed by atoms with van der Waals surface area (Å²) in [7, 11) is 0. The van der Waals surface area contributed by atoms with E-state index in [-0.39, 0.29) is 37.0 Å². The van der Waals surface area contributed by atoms with Crippen molar-refractivity contribution in [2.75, 3.05) is 31.1 Å². The fourth-order valence-electron chi connectivity index (χ4n) is 3.35. The summed E-state index contributed by atoms with van der Waals surface area (Å²) >= 11 is 6.43. The van der Waals surface area contributed by atoms with E-state index in [2.05, 4.69) is 21.2 Å². The van der Waals surface area contributed by atoms with Crippen LogP contribution in [0.25, 0.3) is 0 Å². The lowest BCUT2D eigenvalue weighted by Gasteiger charge is -2.20. The van der Waals surface area contributed by atoms with E-state index in [9.17, 15) is 9.90 Å². The average molecular weight is 459 g/mol. The number of hydrogen-bond acceptors (Lipinski definition) is 7. The van der Waals surface area contributed by atoms with Crippen LogP contribution >= 0.6 is 11.6 Å². The molecule has 3 atom stereocenters. The number of nitrogens with zero attached hydrogens (tertiary/aromatic N) is 3. The number of anilines is 1. The molecule has 0 aliphatic carbocycles. The number of aliphatic hydroxyl groups excluding tert-OH is 1. The van der Waals surface area contributed by atoms with Gasteiger partial charge in [-0.25, -0.2) is 9.97 Å². The molecule has 2 heterocycles. The minimum atomic E-state index is -0.624. The van der Waals surface area contributed by atoms with Gasteiger partial charge in [-0.3, -0.25) is 4.79 Å². The van der Waals surface area contributed by atoms with Crippen molar-refractivity contribution in [3.63, 3.8) is 0 Å². The number of amides is 1. The van der Waals surface area contributed by atoms with Gasteiger partial charge in [-0.15, -0.1) is 6.42 Å². The number of carbonyl (C=O) groups is 1. The minimum absolute atomic E-state index is 0.0370. The van der Waals surface area contributed by atoms with Crippen LogP contribution < -0.4 is 19.7 Å². The summed E-state index contributed by atoms with van der Waals surface area (Å²) in [5.74, 6) is 3.54. The number of halogens is 1. The number of aliphatic hydroxyl groups is 1. The number of aromatic nitrogens is 2. The highest BCUT2D eigenvalue weighted by Crippen LogP contribution is 2.33. The maximum Gasteiger partial charge on any atom is 0.238 e. The van der Waals surface area contributed by atoms with E-state index in [1.165, 1.54) is 6.33 Å². The molecule has 1 fully saturated rings. The molecular formula is C23H27ClN4O4. The summed E-state index contributed by atoms with van der Waals surface area (Å²) < 4.78 is 11.6.